The van der Waals surface area contributed by atoms with Gasteiger partial charge in [-0.3, -0.25) is 4.79 Å². The summed E-state index contributed by atoms with van der Waals surface area (Å²) in [5.74, 6) is 0.466. The number of nitrogens with two attached hydrogens (primary N) is 1. The molecular weight excluding hydrogens is 260 g/mol. The van der Waals surface area contributed by atoms with E-state index in [0.29, 0.717) is 23.5 Å². The number of anilines is 1. The van der Waals surface area contributed by atoms with Crippen molar-refractivity contribution in [3.8, 4) is 5.75 Å². The summed E-state index contributed by atoms with van der Waals surface area (Å²) in [6, 6.07) is 5.04. The second-order valence-electron chi connectivity index (χ2n) is 4.22. The first-order valence-corrected chi connectivity index (χ1v) is 6.79. The Bertz CT molecular complexity index is 593. The molecule has 0 radical (unpaired) electrons. The minimum absolute atomic E-state index is 0.175. The first-order valence-electron chi connectivity index (χ1n) is 5.85. The van der Waals surface area contributed by atoms with Gasteiger partial charge in [0.25, 0.3) is 5.91 Å². The lowest BCUT2D eigenvalue weighted by molar-refractivity contribution is 0.0952. The summed E-state index contributed by atoms with van der Waals surface area (Å²) >= 11 is 1.63. The van der Waals surface area contributed by atoms with Crippen LogP contribution in [0.1, 0.15) is 21.5 Å². The molecule has 5 heteroatoms. The number of hydrogen-bond donors (Lipinski definition) is 2. The molecule has 1 aromatic heterocycles. The fraction of sp³-hybridized carbons (Fsp3) is 0.214. The smallest absolute Gasteiger partial charge is 0.253 e. The fourth-order valence-electron chi connectivity index (χ4n) is 1.71. The van der Waals surface area contributed by atoms with Crippen LogP contribution in [0.2, 0.25) is 0 Å². The Morgan fingerprint density at radius 3 is 2.79 bits per heavy atom. The molecule has 0 aliphatic carbocycles. The maximum absolute atomic E-state index is 12.0. The topological polar surface area (TPSA) is 64.3 Å². The van der Waals surface area contributed by atoms with Crippen LogP contribution >= 0.6 is 11.3 Å². The Hall–Kier alpha value is -2.01. The van der Waals surface area contributed by atoms with Crippen molar-refractivity contribution in [2.75, 3.05) is 12.8 Å². The molecule has 0 saturated carbocycles. The number of ether oxygens (including phenoxy) is 1. The Balaban J connectivity index is 2.06. The van der Waals surface area contributed by atoms with E-state index in [9.17, 15) is 4.79 Å². The van der Waals surface area contributed by atoms with E-state index in [1.54, 1.807) is 36.6 Å². The lowest BCUT2D eigenvalue weighted by Crippen LogP contribution is -2.23. The highest BCUT2D eigenvalue weighted by molar-refractivity contribution is 7.08. The summed E-state index contributed by atoms with van der Waals surface area (Å²) in [6.07, 6.45) is 0. The summed E-state index contributed by atoms with van der Waals surface area (Å²) in [5.41, 5.74) is 9.04. The number of amides is 1. The van der Waals surface area contributed by atoms with Gasteiger partial charge in [0.1, 0.15) is 5.75 Å². The quantitative estimate of drug-likeness (QED) is 0.844. The molecule has 0 fully saturated rings. The van der Waals surface area contributed by atoms with Crippen molar-refractivity contribution < 1.29 is 9.53 Å². The van der Waals surface area contributed by atoms with Gasteiger partial charge in [-0.2, -0.15) is 11.3 Å². The Morgan fingerprint density at radius 2 is 2.21 bits per heavy atom. The van der Waals surface area contributed by atoms with Gasteiger partial charge in [0, 0.05) is 18.3 Å². The van der Waals surface area contributed by atoms with Gasteiger partial charge < -0.3 is 15.8 Å². The van der Waals surface area contributed by atoms with Gasteiger partial charge in [0.2, 0.25) is 0 Å². The lowest BCUT2D eigenvalue weighted by atomic mass is 10.1. The van der Waals surface area contributed by atoms with Gasteiger partial charge in [-0.05, 0) is 40.9 Å². The third-order valence-corrected chi connectivity index (χ3v) is 3.81. The molecule has 1 aromatic carbocycles. The molecule has 0 spiro atoms. The minimum Gasteiger partial charge on any atom is -0.497 e. The predicted molar refractivity (Wildman–Crippen MR) is 77.6 cm³/mol. The van der Waals surface area contributed by atoms with Crippen LogP contribution < -0.4 is 15.8 Å². The lowest BCUT2D eigenvalue weighted by Gasteiger charge is -2.09. The minimum atomic E-state index is -0.175. The molecule has 0 unspecified atom stereocenters. The van der Waals surface area contributed by atoms with Crippen molar-refractivity contribution in [1.82, 2.24) is 5.32 Å². The zero-order chi connectivity index (χ0) is 13.8. The van der Waals surface area contributed by atoms with Gasteiger partial charge >= 0.3 is 0 Å². The maximum Gasteiger partial charge on any atom is 0.253 e. The van der Waals surface area contributed by atoms with Gasteiger partial charge in [-0.1, -0.05) is 0 Å². The summed E-state index contributed by atoms with van der Waals surface area (Å²) in [4.78, 5) is 12.0. The van der Waals surface area contributed by atoms with Gasteiger partial charge in [-0.25, -0.2) is 0 Å². The highest BCUT2D eigenvalue weighted by Gasteiger charge is 2.10. The first kappa shape index (κ1) is 13.4. The average Bonchev–Trinajstić information content (AvgIpc) is 2.81. The van der Waals surface area contributed by atoms with Crippen LogP contribution in [0.3, 0.4) is 0 Å². The van der Waals surface area contributed by atoms with Crippen LogP contribution in [0.25, 0.3) is 0 Å². The number of aryl methyl sites for hydroxylation is 1. The van der Waals surface area contributed by atoms with Gasteiger partial charge in [-0.15, -0.1) is 0 Å². The zero-order valence-electron chi connectivity index (χ0n) is 10.9. The number of carbonyl (C=O) groups excluding carboxylic acids is 1. The van der Waals surface area contributed by atoms with E-state index in [2.05, 4.69) is 10.7 Å². The van der Waals surface area contributed by atoms with E-state index < -0.39 is 0 Å². The SMILES string of the molecule is COc1ccc(C(=O)NCc2cscc2C)c(N)c1. The molecule has 0 aliphatic heterocycles. The van der Waals surface area contributed by atoms with E-state index in [1.165, 1.54) is 5.56 Å². The highest BCUT2D eigenvalue weighted by Crippen LogP contribution is 2.20. The van der Waals surface area contributed by atoms with E-state index in [0.717, 1.165) is 5.56 Å². The Morgan fingerprint density at radius 1 is 1.42 bits per heavy atom. The Kier molecular flexibility index (Phi) is 4.06. The molecular formula is C14H16N2O2S. The van der Waals surface area contributed by atoms with Crippen molar-refractivity contribution in [3.05, 3.63) is 45.6 Å². The van der Waals surface area contributed by atoms with Crippen LogP contribution in [-0.4, -0.2) is 13.0 Å². The maximum atomic E-state index is 12.0. The summed E-state index contributed by atoms with van der Waals surface area (Å²) < 4.78 is 5.05. The predicted octanol–water partition coefficient (Wildman–Crippen LogP) is 2.58. The monoisotopic (exact) mass is 276 g/mol. The Labute approximate surface area is 116 Å². The molecule has 2 aromatic rings. The van der Waals surface area contributed by atoms with Gasteiger partial charge in [0.05, 0.1) is 12.7 Å². The summed E-state index contributed by atoms with van der Waals surface area (Å²) in [7, 11) is 1.56. The number of hydrogen-bond acceptors (Lipinski definition) is 4. The molecule has 0 bridgehead atoms. The van der Waals surface area contributed by atoms with Gasteiger partial charge in [0.15, 0.2) is 0 Å². The molecule has 100 valence electrons. The van der Waals surface area contributed by atoms with Crippen LogP contribution in [0, 0.1) is 6.92 Å². The number of benzene rings is 1. The number of methoxy groups -OCH3 is 1. The molecule has 0 saturated heterocycles. The van der Waals surface area contributed by atoms with Crippen LogP contribution in [0.4, 0.5) is 5.69 Å². The third-order valence-electron chi connectivity index (χ3n) is 2.90. The highest BCUT2D eigenvalue weighted by atomic mass is 32.1. The van der Waals surface area contributed by atoms with Crippen LogP contribution in [-0.2, 0) is 6.54 Å². The first-order chi connectivity index (χ1) is 9.11. The van der Waals surface area contributed by atoms with E-state index in [4.69, 9.17) is 10.5 Å². The van der Waals surface area contributed by atoms with E-state index in [1.807, 2.05) is 12.3 Å². The number of rotatable bonds is 4. The molecule has 0 atom stereocenters. The number of nitrogen functional groups attached to an aromatic ring is 1. The van der Waals surface area contributed by atoms with Crippen molar-refractivity contribution in [1.29, 1.82) is 0 Å². The molecule has 1 amide bonds. The van der Waals surface area contributed by atoms with Crippen LogP contribution in [0.15, 0.2) is 29.0 Å². The van der Waals surface area contributed by atoms with Crippen molar-refractivity contribution in [2.45, 2.75) is 13.5 Å². The van der Waals surface area contributed by atoms with Crippen LogP contribution in [0.5, 0.6) is 5.75 Å². The molecule has 2 rings (SSSR count). The number of thiophene rings is 1. The standard InChI is InChI=1S/C14H16N2O2S/c1-9-7-19-8-10(9)6-16-14(17)12-4-3-11(18-2)5-13(12)15/h3-5,7-8H,6,15H2,1-2H3,(H,16,17). The average molecular weight is 276 g/mol. The summed E-state index contributed by atoms with van der Waals surface area (Å²) in [6.45, 7) is 2.54. The largest absolute Gasteiger partial charge is 0.497 e. The number of carbonyl (C=O) groups is 1. The molecule has 4 nitrogen and oxygen atoms in total. The van der Waals surface area contributed by atoms with Crippen molar-refractivity contribution >= 4 is 22.9 Å². The normalized spacial score (nSPS) is 10.2. The third kappa shape index (κ3) is 3.06. The number of nitrogens with one attached hydrogen (secondary N) is 1. The second kappa shape index (κ2) is 5.75. The van der Waals surface area contributed by atoms with Crippen molar-refractivity contribution in [3.63, 3.8) is 0 Å². The second-order valence-corrected chi connectivity index (χ2v) is 4.96. The zero-order valence-corrected chi connectivity index (χ0v) is 11.7. The molecule has 3 N–H and O–H groups in total. The fourth-order valence-corrected chi connectivity index (χ4v) is 2.57. The molecule has 19 heavy (non-hydrogen) atoms. The van der Waals surface area contributed by atoms with E-state index in [-0.39, 0.29) is 5.91 Å². The summed E-state index contributed by atoms with van der Waals surface area (Å²) in [5, 5.41) is 6.96. The molecule has 1 heterocycles. The van der Waals surface area contributed by atoms with E-state index >= 15 is 0 Å². The van der Waals surface area contributed by atoms with Crippen molar-refractivity contribution in [2.24, 2.45) is 0 Å². The molecule has 0 aliphatic rings.